The van der Waals surface area contributed by atoms with Gasteiger partial charge in [0.15, 0.2) is 0 Å². The van der Waals surface area contributed by atoms with Gasteiger partial charge in [-0.2, -0.15) is 0 Å². The molecule has 2 atom stereocenters. The van der Waals surface area contributed by atoms with Crippen molar-refractivity contribution >= 4 is 0 Å². The Bertz CT molecular complexity index is 198. The van der Waals surface area contributed by atoms with Crippen LogP contribution in [0.15, 0.2) is 0 Å². The molecule has 2 unspecified atom stereocenters. The van der Waals surface area contributed by atoms with E-state index in [1.54, 1.807) is 0 Å². The van der Waals surface area contributed by atoms with E-state index in [9.17, 15) is 0 Å². The van der Waals surface area contributed by atoms with Crippen molar-refractivity contribution in [2.24, 2.45) is 5.73 Å². The molecule has 0 aromatic rings. The Balaban J connectivity index is 2.02. The zero-order chi connectivity index (χ0) is 10.2. The first kappa shape index (κ1) is 10.4. The summed E-state index contributed by atoms with van der Waals surface area (Å²) in [5, 5.41) is 0. The lowest BCUT2D eigenvalue weighted by atomic mass is 9.74. The maximum atomic E-state index is 5.90. The normalized spacial score (nSPS) is 36.0. The third kappa shape index (κ3) is 1.47. The van der Waals surface area contributed by atoms with Crippen LogP contribution in [0.4, 0.5) is 0 Å². The van der Waals surface area contributed by atoms with Crippen molar-refractivity contribution < 1.29 is 4.74 Å². The highest BCUT2D eigenvalue weighted by molar-refractivity contribution is 5.01. The van der Waals surface area contributed by atoms with Gasteiger partial charge in [0.1, 0.15) is 0 Å². The summed E-state index contributed by atoms with van der Waals surface area (Å²) in [5.41, 5.74) is 6.20. The molecule has 1 aliphatic heterocycles. The average molecular weight is 198 g/mol. The number of nitrogens with two attached hydrogens (primary N) is 1. The summed E-state index contributed by atoms with van der Waals surface area (Å²) < 4.78 is 5.61. The molecule has 2 N–H and O–H groups in total. The summed E-state index contributed by atoms with van der Waals surface area (Å²) in [6.07, 6.45) is 5.42. The molecular weight excluding hydrogens is 176 g/mol. The van der Waals surface area contributed by atoms with Crippen molar-refractivity contribution in [2.45, 2.75) is 50.3 Å². The van der Waals surface area contributed by atoms with Crippen molar-refractivity contribution in [1.29, 1.82) is 0 Å². The highest BCUT2D eigenvalue weighted by atomic mass is 16.5. The van der Waals surface area contributed by atoms with Gasteiger partial charge in [0.25, 0.3) is 0 Å². The van der Waals surface area contributed by atoms with Crippen LogP contribution < -0.4 is 5.73 Å². The first-order valence-corrected chi connectivity index (χ1v) is 5.74. The number of hydrogen-bond donors (Lipinski definition) is 1. The summed E-state index contributed by atoms with van der Waals surface area (Å²) in [4.78, 5) is 2.49. The molecule has 3 nitrogen and oxygen atoms in total. The van der Waals surface area contributed by atoms with E-state index >= 15 is 0 Å². The van der Waals surface area contributed by atoms with Gasteiger partial charge in [0, 0.05) is 24.7 Å². The molecule has 0 spiro atoms. The summed E-state index contributed by atoms with van der Waals surface area (Å²) in [6.45, 7) is 3.89. The number of nitrogens with zero attached hydrogens (tertiary/aromatic N) is 1. The summed E-state index contributed by atoms with van der Waals surface area (Å²) in [7, 11) is 2.22. The maximum Gasteiger partial charge on any atom is 0.0703 e. The van der Waals surface area contributed by atoms with Crippen molar-refractivity contribution in [2.75, 3.05) is 20.2 Å². The second kappa shape index (κ2) is 3.80. The fraction of sp³-hybridized carbons (Fsp3) is 1.00. The van der Waals surface area contributed by atoms with Gasteiger partial charge < -0.3 is 10.5 Å². The lowest BCUT2D eigenvalue weighted by Crippen LogP contribution is -2.61. The maximum absolute atomic E-state index is 5.90. The van der Waals surface area contributed by atoms with E-state index in [1.165, 1.54) is 25.7 Å². The Morgan fingerprint density at radius 1 is 1.50 bits per heavy atom. The zero-order valence-electron chi connectivity index (χ0n) is 9.33. The molecule has 1 saturated carbocycles. The van der Waals surface area contributed by atoms with Crippen LogP contribution in [0.1, 0.15) is 32.6 Å². The fourth-order valence-corrected chi connectivity index (χ4v) is 2.87. The summed E-state index contributed by atoms with van der Waals surface area (Å²) in [6, 6.07) is 0.582. The van der Waals surface area contributed by atoms with Crippen LogP contribution in [0, 0.1) is 0 Å². The third-order valence-corrected chi connectivity index (χ3v) is 4.25. The monoisotopic (exact) mass is 198 g/mol. The molecule has 1 saturated heterocycles. The summed E-state index contributed by atoms with van der Waals surface area (Å²) >= 11 is 0. The minimum absolute atomic E-state index is 0.298. The van der Waals surface area contributed by atoms with Crippen LogP contribution in [0.2, 0.25) is 0 Å². The molecule has 0 bridgehead atoms. The average Bonchev–Trinajstić information content (AvgIpc) is 2.50. The Labute approximate surface area is 86.6 Å². The first-order chi connectivity index (χ1) is 6.69. The van der Waals surface area contributed by atoms with Gasteiger partial charge in [-0.25, -0.2) is 0 Å². The molecule has 82 valence electrons. The summed E-state index contributed by atoms with van der Waals surface area (Å²) in [5.74, 6) is 0. The van der Waals surface area contributed by atoms with E-state index in [0.29, 0.717) is 17.7 Å². The Morgan fingerprint density at radius 3 is 2.57 bits per heavy atom. The molecule has 14 heavy (non-hydrogen) atoms. The van der Waals surface area contributed by atoms with E-state index < -0.39 is 0 Å². The van der Waals surface area contributed by atoms with Crippen molar-refractivity contribution in [3.05, 3.63) is 0 Å². The second-order valence-corrected chi connectivity index (χ2v) is 4.82. The number of rotatable bonds is 3. The second-order valence-electron chi connectivity index (χ2n) is 4.82. The van der Waals surface area contributed by atoms with Gasteiger partial charge in [-0.05, 0) is 39.7 Å². The van der Waals surface area contributed by atoms with Gasteiger partial charge in [-0.1, -0.05) is 0 Å². The van der Waals surface area contributed by atoms with Gasteiger partial charge in [-0.3, -0.25) is 4.90 Å². The fourth-order valence-electron chi connectivity index (χ4n) is 2.87. The van der Waals surface area contributed by atoms with E-state index in [1.807, 2.05) is 0 Å². The minimum Gasteiger partial charge on any atom is -0.377 e. The molecule has 2 rings (SSSR count). The minimum atomic E-state index is 0.298. The SMILES string of the molecule is CC1OCCC1N(C)C1(CN)CCC1. The van der Waals surface area contributed by atoms with E-state index in [2.05, 4.69) is 18.9 Å². The molecule has 0 aromatic heterocycles. The standard InChI is InChI=1S/C11H22N2O/c1-9-10(4-7-14-9)13(2)11(8-12)5-3-6-11/h9-10H,3-8,12H2,1-2H3. The molecule has 0 amide bonds. The Hall–Kier alpha value is -0.120. The lowest BCUT2D eigenvalue weighted by Gasteiger charge is -2.51. The van der Waals surface area contributed by atoms with Crippen LogP contribution >= 0.6 is 0 Å². The van der Waals surface area contributed by atoms with Gasteiger partial charge >= 0.3 is 0 Å². The molecule has 3 heteroatoms. The third-order valence-electron chi connectivity index (χ3n) is 4.25. The predicted molar refractivity (Wildman–Crippen MR) is 57.2 cm³/mol. The van der Waals surface area contributed by atoms with Gasteiger partial charge in [0.05, 0.1) is 6.10 Å². The smallest absolute Gasteiger partial charge is 0.0703 e. The number of ether oxygens (including phenoxy) is 1. The van der Waals surface area contributed by atoms with Gasteiger partial charge in [-0.15, -0.1) is 0 Å². The Kier molecular flexibility index (Phi) is 2.82. The number of likely N-dealkylation sites (N-methyl/N-ethyl adjacent to an activating group) is 1. The molecule has 1 aliphatic carbocycles. The molecule has 2 fully saturated rings. The lowest BCUT2D eigenvalue weighted by molar-refractivity contribution is -0.0137. The highest BCUT2D eigenvalue weighted by Gasteiger charge is 2.44. The molecule has 2 aliphatic rings. The van der Waals surface area contributed by atoms with Crippen LogP contribution in [0.3, 0.4) is 0 Å². The van der Waals surface area contributed by atoms with Crippen LogP contribution in [-0.4, -0.2) is 42.8 Å². The van der Waals surface area contributed by atoms with Gasteiger partial charge in [0.2, 0.25) is 0 Å². The van der Waals surface area contributed by atoms with Crippen molar-refractivity contribution in [1.82, 2.24) is 4.90 Å². The van der Waals surface area contributed by atoms with Crippen molar-refractivity contribution in [3.8, 4) is 0 Å². The van der Waals surface area contributed by atoms with Crippen LogP contribution in [0.5, 0.6) is 0 Å². The van der Waals surface area contributed by atoms with Crippen LogP contribution in [-0.2, 0) is 4.74 Å². The van der Waals surface area contributed by atoms with E-state index in [0.717, 1.165) is 13.2 Å². The molecule has 1 heterocycles. The predicted octanol–water partition coefficient (Wildman–Crippen LogP) is 0.977. The molecular formula is C11H22N2O. The van der Waals surface area contributed by atoms with Crippen LogP contribution in [0.25, 0.3) is 0 Å². The van der Waals surface area contributed by atoms with E-state index in [-0.39, 0.29) is 0 Å². The quantitative estimate of drug-likeness (QED) is 0.734. The number of hydrogen-bond acceptors (Lipinski definition) is 3. The topological polar surface area (TPSA) is 38.5 Å². The molecule has 0 aromatic carbocycles. The highest BCUT2D eigenvalue weighted by Crippen LogP contribution is 2.39. The largest absolute Gasteiger partial charge is 0.377 e. The zero-order valence-corrected chi connectivity index (χ0v) is 9.33. The Morgan fingerprint density at radius 2 is 2.21 bits per heavy atom. The molecule has 0 radical (unpaired) electrons. The first-order valence-electron chi connectivity index (χ1n) is 5.74. The van der Waals surface area contributed by atoms with E-state index in [4.69, 9.17) is 10.5 Å². The van der Waals surface area contributed by atoms with Crippen molar-refractivity contribution in [3.63, 3.8) is 0 Å².